The summed E-state index contributed by atoms with van der Waals surface area (Å²) in [5, 5.41) is 19.5. The van der Waals surface area contributed by atoms with E-state index in [0.717, 1.165) is 0 Å². The van der Waals surface area contributed by atoms with E-state index in [1.807, 2.05) is 6.92 Å². The van der Waals surface area contributed by atoms with Crippen molar-refractivity contribution in [3.8, 4) is 0 Å². The number of halogens is 1. The summed E-state index contributed by atoms with van der Waals surface area (Å²) in [4.78, 5) is 24.3. The summed E-state index contributed by atoms with van der Waals surface area (Å²) in [6.45, 7) is 6.19. The van der Waals surface area contributed by atoms with Crippen LogP contribution >= 0.6 is 11.6 Å². The second-order valence-corrected chi connectivity index (χ2v) is 5.90. The van der Waals surface area contributed by atoms with Crippen molar-refractivity contribution in [1.29, 1.82) is 0 Å². The molecule has 0 saturated heterocycles. The van der Waals surface area contributed by atoms with Gasteiger partial charge in [-0.25, -0.2) is 0 Å². The first-order valence-electron chi connectivity index (χ1n) is 7.42. The minimum atomic E-state index is -0.671. The van der Waals surface area contributed by atoms with Gasteiger partial charge in [0.2, 0.25) is 5.91 Å². The van der Waals surface area contributed by atoms with E-state index >= 15 is 0 Å². The van der Waals surface area contributed by atoms with Gasteiger partial charge in [-0.05, 0) is 25.7 Å². The van der Waals surface area contributed by atoms with Gasteiger partial charge in [-0.2, -0.15) is 9.78 Å². The highest BCUT2D eigenvalue weighted by Gasteiger charge is 2.27. The molecule has 1 atom stereocenters. The molecule has 0 bridgehead atoms. The fourth-order valence-corrected chi connectivity index (χ4v) is 2.59. The highest BCUT2D eigenvalue weighted by atomic mass is 35.5. The van der Waals surface area contributed by atoms with Crippen LogP contribution in [-0.2, 0) is 17.9 Å². The monoisotopic (exact) mass is 354 g/mol. The van der Waals surface area contributed by atoms with Crippen LogP contribution in [0.3, 0.4) is 0 Å². The van der Waals surface area contributed by atoms with Crippen molar-refractivity contribution in [2.75, 3.05) is 7.05 Å². The molecule has 2 rings (SSSR count). The maximum atomic E-state index is 12.6. The highest BCUT2D eigenvalue weighted by Crippen LogP contribution is 2.20. The van der Waals surface area contributed by atoms with Crippen molar-refractivity contribution in [2.45, 2.75) is 39.9 Å². The van der Waals surface area contributed by atoms with Crippen LogP contribution in [0, 0.1) is 17.0 Å². The number of amides is 1. The third kappa shape index (κ3) is 3.56. The lowest BCUT2D eigenvalue weighted by Crippen LogP contribution is -2.33. The van der Waals surface area contributed by atoms with E-state index in [1.165, 1.54) is 15.6 Å². The lowest BCUT2D eigenvalue weighted by molar-refractivity contribution is -0.389. The van der Waals surface area contributed by atoms with E-state index in [1.54, 1.807) is 31.8 Å². The van der Waals surface area contributed by atoms with Crippen molar-refractivity contribution >= 4 is 23.3 Å². The SMILES string of the molecule is CCn1cc(Cl)c(CN(C)C(=O)C(C)n2nc([N+](=O)[O-])cc2C)n1. The maximum absolute atomic E-state index is 12.6. The lowest BCUT2D eigenvalue weighted by Gasteiger charge is -2.20. The van der Waals surface area contributed by atoms with E-state index < -0.39 is 11.0 Å². The summed E-state index contributed by atoms with van der Waals surface area (Å²) in [7, 11) is 1.63. The molecule has 9 nitrogen and oxygen atoms in total. The Hall–Kier alpha value is -2.42. The number of carbonyl (C=O) groups is 1. The molecule has 0 aliphatic carbocycles. The third-order valence-corrected chi connectivity index (χ3v) is 4.01. The maximum Gasteiger partial charge on any atom is 0.390 e. The fraction of sp³-hybridized carbons (Fsp3) is 0.500. The number of hydrogen-bond acceptors (Lipinski definition) is 5. The number of carbonyl (C=O) groups excluding carboxylic acids is 1. The Morgan fingerprint density at radius 3 is 2.67 bits per heavy atom. The molecule has 0 saturated carbocycles. The molecular weight excluding hydrogens is 336 g/mol. The lowest BCUT2D eigenvalue weighted by atomic mass is 10.2. The molecular formula is C14H19ClN6O3. The second-order valence-electron chi connectivity index (χ2n) is 5.50. The Morgan fingerprint density at radius 2 is 2.17 bits per heavy atom. The number of aryl methyl sites for hydroxylation is 2. The van der Waals surface area contributed by atoms with E-state index in [0.29, 0.717) is 23.0 Å². The van der Waals surface area contributed by atoms with Gasteiger partial charge in [-0.15, -0.1) is 0 Å². The van der Waals surface area contributed by atoms with Crippen LogP contribution in [0.1, 0.15) is 31.3 Å². The van der Waals surface area contributed by atoms with Gasteiger partial charge in [0.25, 0.3) is 0 Å². The largest absolute Gasteiger partial charge is 0.390 e. The third-order valence-electron chi connectivity index (χ3n) is 3.70. The van der Waals surface area contributed by atoms with Crippen molar-refractivity contribution in [3.63, 3.8) is 0 Å². The normalized spacial score (nSPS) is 12.2. The topological polar surface area (TPSA) is 99.1 Å². The zero-order valence-electron chi connectivity index (χ0n) is 13.9. The van der Waals surface area contributed by atoms with Crippen LogP contribution in [0.15, 0.2) is 12.3 Å². The summed E-state index contributed by atoms with van der Waals surface area (Å²) < 4.78 is 3.05. The van der Waals surface area contributed by atoms with Gasteiger partial charge in [-0.3, -0.25) is 9.48 Å². The van der Waals surface area contributed by atoms with E-state index in [4.69, 9.17) is 11.6 Å². The summed E-state index contributed by atoms with van der Waals surface area (Å²) in [6, 6.07) is 0.666. The minimum absolute atomic E-state index is 0.238. The molecule has 0 aromatic carbocycles. The molecule has 0 aliphatic rings. The Labute approximate surface area is 144 Å². The Morgan fingerprint density at radius 1 is 1.50 bits per heavy atom. The molecule has 1 amide bonds. The van der Waals surface area contributed by atoms with Crippen LogP contribution in [0.2, 0.25) is 5.02 Å². The number of likely N-dealkylation sites (N-methyl/N-ethyl adjacent to an activating group) is 1. The summed E-state index contributed by atoms with van der Waals surface area (Å²) in [5.41, 5.74) is 1.15. The average molecular weight is 355 g/mol. The first-order valence-corrected chi connectivity index (χ1v) is 7.79. The standard InChI is InChI=1S/C14H19ClN6O3/c1-5-19-7-11(15)12(16-19)8-18(4)14(22)10(3)20-9(2)6-13(17-20)21(23)24/h6-7,10H,5,8H2,1-4H3. The molecule has 130 valence electrons. The average Bonchev–Trinajstić information content (AvgIpc) is 3.09. The minimum Gasteiger partial charge on any atom is -0.358 e. The summed E-state index contributed by atoms with van der Waals surface area (Å²) in [5.74, 6) is -0.516. The molecule has 10 heteroatoms. The number of nitro groups is 1. The molecule has 2 heterocycles. The van der Waals surface area contributed by atoms with Gasteiger partial charge >= 0.3 is 5.82 Å². The molecule has 0 spiro atoms. The van der Waals surface area contributed by atoms with Gasteiger partial charge in [0.05, 0.1) is 28.4 Å². The first kappa shape index (κ1) is 17.9. The van der Waals surface area contributed by atoms with E-state index in [2.05, 4.69) is 10.2 Å². The molecule has 0 fully saturated rings. The quantitative estimate of drug-likeness (QED) is 0.584. The Bertz CT molecular complexity index is 769. The van der Waals surface area contributed by atoms with E-state index in [9.17, 15) is 14.9 Å². The predicted octanol–water partition coefficient (Wildman–Crippen LogP) is 2.19. The van der Waals surface area contributed by atoms with Crippen LogP contribution in [0.4, 0.5) is 5.82 Å². The molecule has 2 aromatic rings. The number of aromatic nitrogens is 4. The first-order chi connectivity index (χ1) is 11.2. The second kappa shape index (κ2) is 7.00. The van der Waals surface area contributed by atoms with Crippen LogP contribution in [0.5, 0.6) is 0 Å². The molecule has 24 heavy (non-hydrogen) atoms. The number of rotatable bonds is 6. The molecule has 2 aromatic heterocycles. The molecule has 1 unspecified atom stereocenters. The van der Waals surface area contributed by atoms with Crippen molar-refractivity contribution < 1.29 is 9.72 Å². The van der Waals surface area contributed by atoms with Crippen molar-refractivity contribution in [3.05, 3.63) is 38.8 Å². The van der Waals surface area contributed by atoms with Crippen molar-refractivity contribution in [2.24, 2.45) is 0 Å². The number of nitrogens with zero attached hydrogens (tertiary/aromatic N) is 6. The molecule has 0 N–H and O–H groups in total. The van der Waals surface area contributed by atoms with Gasteiger partial charge in [0.15, 0.2) is 0 Å². The summed E-state index contributed by atoms with van der Waals surface area (Å²) >= 11 is 6.12. The van der Waals surface area contributed by atoms with Crippen LogP contribution < -0.4 is 0 Å². The zero-order chi connectivity index (χ0) is 18.0. The highest BCUT2D eigenvalue weighted by molar-refractivity contribution is 6.31. The Balaban J connectivity index is 2.14. The predicted molar refractivity (Wildman–Crippen MR) is 87.7 cm³/mol. The van der Waals surface area contributed by atoms with E-state index in [-0.39, 0.29) is 18.3 Å². The van der Waals surface area contributed by atoms with Crippen LogP contribution in [0.25, 0.3) is 0 Å². The smallest absolute Gasteiger partial charge is 0.358 e. The molecule has 0 radical (unpaired) electrons. The zero-order valence-corrected chi connectivity index (χ0v) is 14.7. The van der Waals surface area contributed by atoms with Crippen molar-refractivity contribution in [1.82, 2.24) is 24.5 Å². The molecule has 0 aliphatic heterocycles. The van der Waals surface area contributed by atoms with Gasteiger partial charge < -0.3 is 15.0 Å². The fourth-order valence-electron chi connectivity index (χ4n) is 2.38. The van der Waals surface area contributed by atoms with Gasteiger partial charge in [-0.1, -0.05) is 11.6 Å². The Kier molecular flexibility index (Phi) is 5.23. The van der Waals surface area contributed by atoms with Gasteiger partial charge in [0.1, 0.15) is 11.7 Å². The van der Waals surface area contributed by atoms with Crippen LogP contribution in [-0.4, -0.2) is 42.3 Å². The summed E-state index contributed by atoms with van der Waals surface area (Å²) in [6.07, 6.45) is 1.71. The van der Waals surface area contributed by atoms with Gasteiger partial charge in [0, 0.05) is 19.8 Å². The number of hydrogen-bond donors (Lipinski definition) is 0.